The van der Waals surface area contributed by atoms with Crippen molar-refractivity contribution in [3.63, 3.8) is 0 Å². The predicted molar refractivity (Wildman–Crippen MR) is 95.3 cm³/mol. The standard InChI is InChI=1S/C20H20N2O3/c1-13-8-10-15(11-9-13)12-25-19(23)17-14(2)21-20(24)22-18(17)16-6-4-3-5-7-16/h3-11,17-18H,12H2,1-2H3,(H,22,24). The zero-order valence-corrected chi connectivity index (χ0v) is 14.2. The number of esters is 1. The highest BCUT2D eigenvalue weighted by molar-refractivity contribution is 6.08. The van der Waals surface area contributed by atoms with Gasteiger partial charge in [0.05, 0.1) is 6.04 Å². The number of ether oxygens (including phenoxy) is 1. The van der Waals surface area contributed by atoms with Crippen LogP contribution in [0.3, 0.4) is 0 Å². The maximum absolute atomic E-state index is 12.7. The minimum Gasteiger partial charge on any atom is -0.460 e. The van der Waals surface area contributed by atoms with Crippen molar-refractivity contribution in [2.24, 2.45) is 10.9 Å². The molecule has 128 valence electrons. The molecule has 2 amide bonds. The van der Waals surface area contributed by atoms with Gasteiger partial charge in [-0.2, -0.15) is 0 Å². The Morgan fingerprint density at radius 2 is 1.76 bits per heavy atom. The topological polar surface area (TPSA) is 67.8 Å². The largest absolute Gasteiger partial charge is 0.460 e. The van der Waals surface area contributed by atoms with E-state index in [-0.39, 0.29) is 6.61 Å². The van der Waals surface area contributed by atoms with Gasteiger partial charge in [-0.15, -0.1) is 0 Å². The fourth-order valence-corrected chi connectivity index (χ4v) is 2.89. The lowest BCUT2D eigenvalue weighted by atomic mass is 9.88. The molecule has 0 spiro atoms. The van der Waals surface area contributed by atoms with Gasteiger partial charge in [0.25, 0.3) is 0 Å². The molecule has 0 saturated carbocycles. The summed E-state index contributed by atoms with van der Waals surface area (Å²) in [6.45, 7) is 3.88. The Bertz CT molecular complexity index is 797. The third-order valence-electron chi connectivity index (χ3n) is 4.25. The summed E-state index contributed by atoms with van der Waals surface area (Å²) in [6.07, 6.45) is 0. The highest BCUT2D eigenvalue weighted by Gasteiger charge is 2.37. The molecule has 0 fully saturated rings. The van der Waals surface area contributed by atoms with Crippen LogP contribution in [-0.2, 0) is 16.1 Å². The van der Waals surface area contributed by atoms with Crippen LogP contribution >= 0.6 is 0 Å². The number of aliphatic imine (C=N–C) groups is 1. The van der Waals surface area contributed by atoms with Gasteiger partial charge < -0.3 is 10.1 Å². The fraction of sp³-hybridized carbons (Fsp3) is 0.250. The summed E-state index contributed by atoms with van der Waals surface area (Å²) in [6, 6.07) is 16.3. The molecule has 0 aliphatic carbocycles. The van der Waals surface area contributed by atoms with Crippen LogP contribution in [-0.4, -0.2) is 17.7 Å². The van der Waals surface area contributed by atoms with E-state index in [2.05, 4.69) is 10.3 Å². The second-order valence-electron chi connectivity index (χ2n) is 6.16. The van der Waals surface area contributed by atoms with E-state index in [4.69, 9.17) is 4.74 Å². The van der Waals surface area contributed by atoms with E-state index in [9.17, 15) is 9.59 Å². The summed E-state index contributed by atoms with van der Waals surface area (Å²) in [5.74, 6) is -1.03. The van der Waals surface area contributed by atoms with Crippen LogP contribution in [0.15, 0.2) is 59.6 Å². The first-order valence-electron chi connectivity index (χ1n) is 8.17. The van der Waals surface area contributed by atoms with E-state index < -0.39 is 24.0 Å². The summed E-state index contributed by atoms with van der Waals surface area (Å²) in [5.41, 5.74) is 3.38. The number of urea groups is 1. The van der Waals surface area contributed by atoms with Crippen LogP contribution in [0.4, 0.5) is 4.79 Å². The Hall–Kier alpha value is -2.95. The summed E-state index contributed by atoms with van der Waals surface area (Å²) in [4.78, 5) is 28.4. The first-order chi connectivity index (χ1) is 12.0. The van der Waals surface area contributed by atoms with E-state index in [0.717, 1.165) is 16.7 Å². The molecule has 1 aliphatic heterocycles. The Kier molecular flexibility index (Phi) is 4.93. The number of nitrogens with one attached hydrogen (secondary N) is 1. The van der Waals surface area contributed by atoms with Gasteiger partial charge in [0, 0.05) is 5.71 Å². The van der Waals surface area contributed by atoms with Crippen molar-refractivity contribution in [2.45, 2.75) is 26.5 Å². The number of hydrogen-bond acceptors (Lipinski definition) is 3. The van der Waals surface area contributed by atoms with Gasteiger partial charge in [0.2, 0.25) is 0 Å². The van der Waals surface area contributed by atoms with Crippen molar-refractivity contribution < 1.29 is 14.3 Å². The van der Waals surface area contributed by atoms with Crippen molar-refractivity contribution in [3.8, 4) is 0 Å². The zero-order valence-electron chi connectivity index (χ0n) is 14.2. The number of carbonyl (C=O) groups is 2. The molecule has 2 aromatic carbocycles. The maximum atomic E-state index is 12.7. The monoisotopic (exact) mass is 336 g/mol. The quantitative estimate of drug-likeness (QED) is 0.868. The van der Waals surface area contributed by atoms with E-state index >= 15 is 0 Å². The van der Waals surface area contributed by atoms with Crippen molar-refractivity contribution in [1.82, 2.24) is 5.32 Å². The van der Waals surface area contributed by atoms with Gasteiger partial charge in [-0.05, 0) is 25.0 Å². The molecular weight excluding hydrogens is 316 g/mol. The lowest BCUT2D eigenvalue weighted by Gasteiger charge is -2.29. The fourth-order valence-electron chi connectivity index (χ4n) is 2.89. The predicted octanol–water partition coefficient (Wildman–Crippen LogP) is 3.58. The molecule has 1 N–H and O–H groups in total. The molecule has 5 nitrogen and oxygen atoms in total. The summed E-state index contributed by atoms with van der Waals surface area (Å²) >= 11 is 0. The van der Waals surface area contributed by atoms with Crippen LogP contribution < -0.4 is 5.32 Å². The lowest BCUT2D eigenvalue weighted by Crippen LogP contribution is -2.44. The molecule has 0 radical (unpaired) electrons. The lowest BCUT2D eigenvalue weighted by molar-refractivity contribution is -0.148. The number of aryl methyl sites for hydroxylation is 1. The molecule has 2 atom stereocenters. The number of amides is 2. The second kappa shape index (κ2) is 7.30. The first-order valence-corrected chi connectivity index (χ1v) is 8.17. The van der Waals surface area contributed by atoms with Crippen molar-refractivity contribution >= 4 is 17.7 Å². The Morgan fingerprint density at radius 3 is 2.44 bits per heavy atom. The van der Waals surface area contributed by atoms with Crippen molar-refractivity contribution in [1.29, 1.82) is 0 Å². The SMILES string of the molecule is CC1=NC(=O)NC(c2ccccc2)C1C(=O)OCc1ccc(C)cc1. The van der Waals surface area contributed by atoms with E-state index in [0.29, 0.717) is 5.71 Å². The molecule has 0 aromatic heterocycles. The van der Waals surface area contributed by atoms with Gasteiger partial charge in [-0.25, -0.2) is 9.79 Å². The molecule has 2 aromatic rings. The van der Waals surface area contributed by atoms with Gasteiger partial charge in [-0.3, -0.25) is 4.79 Å². The maximum Gasteiger partial charge on any atom is 0.341 e. The zero-order chi connectivity index (χ0) is 17.8. The summed E-state index contributed by atoms with van der Waals surface area (Å²) in [7, 11) is 0. The molecule has 0 saturated heterocycles. The van der Waals surface area contributed by atoms with Gasteiger partial charge in [-0.1, -0.05) is 60.2 Å². The van der Waals surface area contributed by atoms with E-state index in [1.54, 1.807) is 6.92 Å². The molecule has 1 aliphatic rings. The molecule has 0 bridgehead atoms. The number of carbonyl (C=O) groups excluding carboxylic acids is 2. The third kappa shape index (κ3) is 3.94. The minimum absolute atomic E-state index is 0.193. The highest BCUT2D eigenvalue weighted by Crippen LogP contribution is 2.28. The Morgan fingerprint density at radius 1 is 1.08 bits per heavy atom. The Labute approximate surface area is 146 Å². The average molecular weight is 336 g/mol. The molecule has 1 heterocycles. The minimum atomic E-state index is -0.634. The van der Waals surface area contributed by atoms with Gasteiger partial charge >= 0.3 is 12.0 Å². The van der Waals surface area contributed by atoms with Crippen LogP contribution in [0, 0.1) is 12.8 Å². The van der Waals surface area contributed by atoms with Crippen molar-refractivity contribution in [3.05, 3.63) is 71.3 Å². The van der Waals surface area contributed by atoms with Crippen molar-refractivity contribution in [2.75, 3.05) is 0 Å². The number of benzene rings is 2. The molecule has 5 heteroatoms. The number of rotatable bonds is 4. The normalized spacial score (nSPS) is 19.8. The summed E-state index contributed by atoms with van der Waals surface area (Å²) in [5, 5.41) is 2.77. The second-order valence-corrected chi connectivity index (χ2v) is 6.16. The van der Waals surface area contributed by atoms with Crippen LogP contribution in [0.25, 0.3) is 0 Å². The smallest absolute Gasteiger partial charge is 0.341 e. The van der Waals surface area contributed by atoms with E-state index in [1.807, 2.05) is 61.5 Å². The third-order valence-corrected chi connectivity index (χ3v) is 4.25. The van der Waals surface area contributed by atoms with E-state index in [1.165, 1.54) is 0 Å². The first kappa shape index (κ1) is 16.9. The van der Waals surface area contributed by atoms with Crippen LogP contribution in [0.2, 0.25) is 0 Å². The van der Waals surface area contributed by atoms with Gasteiger partial charge in [0.1, 0.15) is 12.5 Å². The highest BCUT2D eigenvalue weighted by atomic mass is 16.5. The number of hydrogen-bond donors (Lipinski definition) is 1. The van der Waals surface area contributed by atoms with Gasteiger partial charge in [0.15, 0.2) is 0 Å². The number of nitrogens with zero attached hydrogens (tertiary/aromatic N) is 1. The Balaban J connectivity index is 1.78. The summed E-state index contributed by atoms with van der Waals surface area (Å²) < 4.78 is 5.49. The molecule has 2 unspecified atom stereocenters. The molecule has 25 heavy (non-hydrogen) atoms. The van der Waals surface area contributed by atoms with Crippen LogP contribution in [0.1, 0.15) is 29.7 Å². The molecule has 3 rings (SSSR count). The molecular formula is C20H20N2O3. The van der Waals surface area contributed by atoms with Crippen LogP contribution in [0.5, 0.6) is 0 Å². The average Bonchev–Trinajstić information content (AvgIpc) is 2.61.